The highest BCUT2D eigenvalue weighted by Gasteiger charge is 2.16. The highest BCUT2D eigenvalue weighted by molar-refractivity contribution is 5.15. The van der Waals surface area contributed by atoms with E-state index >= 15 is 0 Å². The summed E-state index contributed by atoms with van der Waals surface area (Å²) in [6, 6.07) is 3.15. The molecule has 1 aromatic heterocycles. The molecule has 0 amide bonds. The topological polar surface area (TPSA) is 38.9 Å². The second-order valence-corrected chi connectivity index (χ2v) is 3.29. The van der Waals surface area contributed by atoms with E-state index in [1.165, 1.54) is 6.20 Å². The van der Waals surface area contributed by atoms with E-state index in [1.807, 2.05) is 13.8 Å². The lowest BCUT2D eigenvalue weighted by atomic mass is 9.94. The molecule has 0 aliphatic heterocycles. The number of pyridine rings is 1. The third-order valence-corrected chi connectivity index (χ3v) is 2.40. The Morgan fingerprint density at radius 2 is 2.31 bits per heavy atom. The molecular formula is C10H15FN2. The first kappa shape index (κ1) is 10.1. The first-order valence-corrected chi connectivity index (χ1v) is 4.52. The smallest absolute Gasteiger partial charge is 0.217 e. The summed E-state index contributed by atoms with van der Waals surface area (Å²) in [5.41, 5.74) is 6.38. The van der Waals surface area contributed by atoms with Gasteiger partial charge in [0.15, 0.2) is 0 Å². The predicted octanol–water partition coefficient (Wildman–Crippen LogP) is 2.27. The highest BCUT2D eigenvalue weighted by Crippen LogP contribution is 2.22. The SMILES string of the molecule is CCC(C)[C@H](N)c1cccnc1F. The van der Waals surface area contributed by atoms with Gasteiger partial charge < -0.3 is 5.73 Å². The van der Waals surface area contributed by atoms with Gasteiger partial charge in [-0.3, -0.25) is 0 Å². The summed E-state index contributed by atoms with van der Waals surface area (Å²) < 4.78 is 13.1. The van der Waals surface area contributed by atoms with Gasteiger partial charge in [0.2, 0.25) is 5.95 Å². The van der Waals surface area contributed by atoms with Gasteiger partial charge in [-0.2, -0.15) is 4.39 Å². The maximum Gasteiger partial charge on any atom is 0.217 e. The fourth-order valence-electron chi connectivity index (χ4n) is 1.21. The van der Waals surface area contributed by atoms with Gasteiger partial charge in [-0.15, -0.1) is 0 Å². The lowest BCUT2D eigenvalue weighted by molar-refractivity contribution is 0.432. The van der Waals surface area contributed by atoms with Crippen LogP contribution in [0, 0.1) is 11.9 Å². The van der Waals surface area contributed by atoms with E-state index in [0.29, 0.717) is 5.56 Å². The molecule has 1 heterocycles. The molecule has 1 unspecified atom stereocenters. The van der Waals surface area contributed by atoms with E-state index in [4.69, 9.17) is 5.73 Å². The van der Waals surface area contributed by atoms with E-state index in [-0.39, 0.29) is 12.0 Å². The number of halogens is 1. The second-order valence-electron chi connectivity index (χ2n) is 3.29. The molecule has 0 aliphatic carbocycles. The van der Waals surface area contributed by atoms with Crippen molar-refractivity contribution in [2.24, 2.45) is 11.7 Å². The molecule has 0 bridgehead atoms. The summed E-state index contributed by atoms with van der Waals surface area (Å²) in [4.78, 5) is 3.57. The zero-order chi connectivity index (χ0) is 9.84. The zero-order valence-electron chi connectivity index (χ0n) is 8.00. The van der Waals surface area contributed by atoms with Crippen molar-refractivity contribution in [3.05, 3.63) is 29.8 Å². The zero-order valence-corrected chi connectivity index (χ0v) is 8.00. The van der Waals surface area contributed by atoms with Crippen molar-refractivity contribution >= 4 is 0 Å². The van der Waals surface area contributed by atoms with Crippen LogP contribution in [0.2, 0.25) is 0 Å². The molecule has 2 nitrogen and oxygen atoms in total. The monoisotopic (exact) mass is 182 g/mol. The molecule has 13 heavy (non-hydrogen) atoms. The molecule has 2 atom stereocenters. The third kappa shape index (κ3) is 2.25. The molecule has 0 saturated heterocycles. The predicted molar refractivity (Wildman–Crippen MR) is 50.6 cm³/mol. The number of nitrogens with two attached hydrogens (primary N) is 1. The van der Waals surface area contributed by atoms with E-state index < -0.39 is 5.95 Å². The Morgan fingerprint density at radius 1 is 1.62 bits per heavy atom. The van der Waals surface area contributed by atoms with Gasteiger partial charge in [-0.05, 0) is 12.0 Å². The number of nitrogens with zero attached hydrogens (tertiary/aromatic N) is 1. The Labute approximate surface area is 78.0 Å². The van der Waals surface area contributed by atoms with E-state index in [0.717, 1.165) is 6.42 Å². The van der Waals surface area contributed by atoms with Crippen molar-refractivity contribution in [3.8, 4) is 0 Å². The molecule has 2 N–H and O–H groups in total. The van der Waals surface area contributed by atoms with Gasteiger partial charge >= 0.3 is 0 Å². The van der Waals surface area contributed by atoms with Gasteiger partial charge in [0.05, 0.1) is 0 Å². The summed E-state index contributed by atoms with van der Waals surface area (Å²) in [6.07, 6.45) is 2.37. The maximum atomic E-state index is 13.1. The number of hydrogen-bond donors (Lipinski definition) is 1. The maximum absolute atomic E-state index is 13.1. The van der Waals surface area contributed by atoms with Crippen LogP contribution in [0.25, 0.3) is 0 Å². The first-order valence-electron chi connectivity index (χ1n) is 4.52. The summed E-state index contributed by atoms with van der Waals surface area (Å²) >= 11 is 0. The van der Waals surface area contributed by atoms with Crippen LogP contribution < -0.4 is 5.73 Å². The van der Waals surface area contributed by atoms with Crippen molar-refractivity contribution in [2.45, 2.75) is 26.3 Å². The average Bonchev–Trinajstić information content (AvgIpc) is 2.16. The quantitative estimate of drug-likeness (QED) is 0.728. The van der Waals surface area contributed by atoms with Crippen LogP contribution in [-0.4, -0.2) is 4.98 Å². The van der Waals surface area contributed by atoms with Crippen LogP contribution in [-0.2, 0) is 0 Å². The van der Waals surface area contributed by atoms with Crippen LogP contribution in [0.15, 0.2) is 18.3 Å². The Hall–Kier alpha value is -0.960. The molecule has 0 aromatic carbocycles. The fraction of sp³-hybridized carbons (Fsp3) is 0.500. The van der Waals surface area contributed by atoms with Crippen molar-refractivity contribution in [2.75, 3.05) is 0 Å². The van der Waals surface area contributed by atoms with Crippen LogP contribution in [0.1, 0.15) is 31.9 Å². The summed E-state index contributed by atoms with van der Waals surface area (Å²) in [5.74, 6) is -0.172. The van der Waals surface area contributed by atoms with Crippen molar-refractivity contribution < 1.29 is 4.39 Å². The van der Waals surface area contributed by atoms with E-state index in [2.05, 4.69) is 4.98 Å². The Kier molecular flexibility index (Phi) is 3.37. The molecule has 0 spiro atoms. The molecule has 3 heteroatoms. The minimum Gasteiger partial charge on any atom is -0.324 e. The van der Waals surface area contributed by atoms with Crippen LogP contribution in [0.3, 0.4) is 0 Å². The summed E-state index contributed by atoms with van der Waals surface area (Å²) in [6.45, 7) is 4.05. The molecule has 0 aliphatic rings. The molecule has 0 saturated carbocycles. The Morgan fingerprint density at radius 3 is 2.85 bits per heavy atom. The van der Waals surface area contributed by atoms with E-state index in [1.54, 1.807) is 12.1 Å². The van der Waals surface area contributed by atoms with Gasteiger partial charge in [-0.25, -0.2) is 4.98 Å². The molecule has 0 radical (unpaired) electrons. The Bertz CT molecular complexity index is 275. The number of hydrogen-bond acceptors (Lipinski definition) is 2. The minimum absolute atomic E-state index is 0.251. The normalized spacial score (nSPS) is 15.4. The average molecular weight is 182 g/mol. The second kappa shape index (κ2) is 4.33. The molecule has 72 valence electrons. The molecular weight excluding hydrogens is 167 g/mol. The van der Waals surface area contributed by atoms with Crippen LogP contribution >= 0.6 is 0 Å². The highest BCUT2D eigenvalue weighted by atomic mass is 19.1. The van der Waals surface area contributed by atoms with Gasteiger partial charge in [0, 0.05) is 17.8 Å². The third-order valence-electron chi connectivity index (χ3n) is 2.40. The van der Waals surface area contributed by atoms with Crippen molar-refractivity contribution in [1.29, 1.82) is 0 Å². The van der Waals surface area contributed by atoms with Gasteiger partial charge in [-0.1, -0.05) is 26.3 Å². The molecule has 1 aromatic rings. The molecule has 0 fully saturated rings. The Balaban J connectivity index is 2.88. The lowest BCUT2D eigenvalue weighted by Gasteiger charge is -2.18. The van der Waals surface area contributed by atoms with E-state index in [9.17, 15) is 4.39 Å². The van der Waals surface area contributed by atoms with Gasteiger partial charge in [0.1, 0.15) is 0 Å². The van der Waals surface area contributed by atoms with Crippen molar-refractivity contribution in [3.63, 3.8) is 0 Å². The lowest BCUT2D eigenvalue weighted by Crippen LogP contribution is -2.20. The number of aromatic nitrogens is 1. The standard InChI is InChI=1S/C10H15FN2/c1-3-7(2)9(12)8-5-4-6-13-10(8)11/h4-7,9H,3,12H2,1-2H3/t7?,9-/m0/s1. The summed E-state index contributed by atoms with van der Waals surface area (Å²) in [5, 5.41) is 0. The van der Waals surface area contributed by atoms with Gasteiger partial charge in [0.25, 0.3) is 0 Å². The summed E-state index contributed by atoms with van der Waals surface area (Å²) in [7, 11) is 0. The first-order chi connectivity index (χ1) is 6.16. The largest absolute Gasteiger partial charge is 0.324 e. The van der Waals surface area contributed by atoms with Crippen molar-refractivity contribution in [1.82, 2.24) is 4.98 Å². The minimum atomic E-state index is -0.449. The molecule has 1 rings (SSSR count). The fourth-order valence-corrected chi connectivity index (χ4v) is 1.21. The number of rotatable bonds is 3. The van der Waals surface area contributed by atoms with Crippen LogP contribution in [0.5, 0.6) is 0 Å². The van der Waals surface area contributed by atoms with Crippen LogP contribution in [0.4, 0.5) is 4.39 Å².